The summed E-state index contributed by atoms with van der Waals surface area (Å²) >= 11 is 0. The first-order valence-corrected chi connectivity index (χ1v) is 6.60. The van der Waals surface area contributed by atoms with Crippen LogP contribution in [0.2, 0.25) is 0 Å². The molecular weight excluding hydrogens is 232 g/mol. The lowest BCUT2D eigenvalue weighted by Crippen LogP contribution is -2.03. The third-order valence-electron chi connectivity index (χ3n) is 2.53. The average Bonchev–Trinajstić information content (AvgIpc) is 2.29. The average molecular weight is 256 g/mol. The number of aliphatic carboxylic acids is 1. The van der Waals surface area contributed by atoms with Gasteiger partial charge in [-0.15, -0.1) is 0 Å². The molecule has 0 rings (SSSR count). The molecule has 0 saturated heterocycles. The molecule has 0 spiro atoms. The number of unbranched alkanes of at least 4 members (excludes halogenated alkanes) is 4. The van der Waals surface area contributed by atoms with Gasteiger partial charge in [0.1, 0.15) is 0 Å². The molecule has 0 bridgehead atoms. The second-order valence-electron chi connectivity index (χ2n) is 4.79. The molecule has 0 saturated carbocycles. The monoisotopic (exact) mass is 256 g/mol. The van der Waals surface area contributed by atoms with Crippen LogP contribution in [-0.4, -0.2) is 23.7 Å². The van der Waals surface area contributed by atoms with Crippen LogP contribution in [0.1, 0.15) is 52.4 Å². The topological polar surface area (TPSA) is 63.6 Å². The molecule has 0 aliphatic carbocycles. The van der Waals surface area contributed by atoms with Gasteiger partial charge in [0, 0.05) is 12.2 Å². The fourth-order valence-electron chi connectivity index (χ4n) is 1.55. The van der Waals surface area contributed by atoms with Crippen molar-refractivity contribution in [2.75, 3.05) is 6.61 Å². The molecule has 0 fully saturated rings. The molecule has 0 aromatic heterocycles. The van der Waals surface area contributed by atoms with Crippen LogP contribution in [0.15, 0.2) is 12.2 Å². The molecule has 1 N–H and O–H groups in total. The lowest BCUT2D eigenvalue weighted by atomic mass is 10.0. The van der Waals surface area contributed by atoms with E-state index in [2.05, 4.69) is 13.8 Å². The summed E-state index contributed by atoms with van der Waals surface area (Å²) in [6.07, 6.45) is 8.54. The maximum atomic E-state index is 11.0. The maximum absolute atomic E-state index is 11.0. The zero-order valence-electron chi connectivity index (χ0n) is 11.4. The Kier molecular flexibility index (Phi) is 10.0. The minimum Gasteiger partial charge on any atom is -0.478 e. The van der Waals surface area contributed by atoms with Crippen molar-refractivity contribution >= 4 is 11.9 Å². The van der Waals surface area contributed by atoms with Crippen molar-refractivity contribution in [3.8, 4) is 0 Å². The fourth-order valence-corrected chi connectivity index (χ4v) is 1.55. The number of ether oxygens (including phenoxy) is 1. The van der Waals surface area contributed by atoms with Crippen molar-refractivity contribution in [2.24, 2.45) is 5.92 Å². The summed E-state index contributed by atoms with van der Waals surface area (Å²) < 4.78 is 4.85. The second-order valence-corrected chi connectivity index (χ2v) is 4.79. The molecule has 4 nitrogen and oxygen atoms in total. The molecule has 0 aromatic rings. The number of carbonyl (C=O) groups is 2. The van der Waals surface area contributed by atoms with E-state index in [0.29, 0.717) is 6.61 Å². The normalized spacial score (nSPS) is 11.1. The largest absolute Gasteiger partial charge is 0.478 e. The van der Waals surface area contributed by atoms with Crippen LogP contribution in [0, 0.1) is 5.92 Å². The van der Waals surface area contributed by atoms with Crippen LogP contribution in [0.3, 0.4) is 0 Å². The number of esters is 1. The molecule has 104 valence electrons. The molecule has 0 aliphatic heterocycles. The highest BCUT2D eigenvalue weighted by Gasteiger charge is 1.98. The number of rotatable bonds is 10. The summed E-state index contributed by atoms with van der Waals surface area (Å²) in [6, 6.07) is 0. The van der Waals surface area contributed by atoms with Crippen molar-refractivity contribution < 1.29 is 19.4 Å². The first kappa shape index (κ1) is 16.7. The summed E-state index contributed by atoms with van der Waals surface area (Å²) in [7, 11) is 0. The number of carboxylic acids is 1. The summed E-state index contributed by atoms with van der Waals surface area (Å²) in [4.78, 5) is 21.1. The van der Waals surface area contributed by atoms with Gasteiger partial charge in [-0.05, 0) is 12.3 Å². The number of hydrogen-bond acceptors (Lipinski definition) is 3. The Morgan fingerprint density at radius 2 is 1.67 bits per heavy atom. The summed E-state index contributed by atoms with van der Waals surface area (Å²) in [5.41, 5.74) is 0. The van der Waals surface area contributed by atoms with Gasteiger partial charge in [-0.25, -0.2) is 9.59 Å². The number of carboxylic acid groups (broad SMARTS) is 1. The standard InChI is InChI=1S/C14H24O4/c1-12(2)8-6-4-3-5-7-11-18-14(17)10-9-13(15)16/h9-10,12H,3-8,11H2,1-2H3,(H,15,16)/b10-9+. The Morgan fingerprint density at radius 3 is 2.28 bits per heavy atom. The van der Waals surface area contributed by atoms with Gasteiger partial charge in [-0.3, -0.25) is 0 Å². The van der Waals surface area contributed by atoms with Crippen molar-refractivity contribution in [1.29, 1.82) is 0 Å². The minimum absolute atomic E-state index is 0.368. The van der Waals surface area contributed by atoms with Gasteiger partial charge < -0.3 is 9.84 Å². The highest BCUT2D eigenvalue weighted by atomic mass is 16.5. The van der Waals surface area contributed by atoms with Gasteiger partial charge in [-0.2, -0.15) is 0 Å². The number of carbonyl (C=O) groups excluding carboxylic acids is 1. The molecule has 0 unspecified atom stereocenters. The van der Waals surface area contributed by atoms with Crippen LogP contribution in [-0.2, 0) is 14.3 Å². The van der Waals surface area contributed by atoms with E-state index in [9.17, 15) is 9.59 Å². The molecule has 0 atom stereocenters. The van der Waals surface area contributed by atoms with E-state index in [1.54, 1.807) is 0 Å². The van der Waals surface area contributed by atoms with Crippen LogP contribution >= 0.6 is 0 Å². The highest BCUT2D eigenvalue weighted by molar-refractivity contribution is 5.90. The maximum Gasteiger partial charge on any atom is 0.331 e. The van der Waals surface area contributed by atoms with E-state index in [1.165, 1.54) is 19.3 Å². The zero-order chi connectivity index (χ0) is 13.8. The van der Waals surface area contributed by atoms with Crippen LogP contribution in [0.25, 0.3) is 0 Å². The quantitative estimate of drug-likeness (QED) is 0.370. The Morgan fingerprint density at radius 1 is 1.06 bits per heavy atom. The lowest BCUT2D eigenvalue weighted by Gasteiger charge is -2.04. The molecular formula is C14H24O4. The van der Waals surface area contributed by atoms with E-state index in [-0.39, 0.29) is 0 Å². The number of hydrogen-bond donors (Lipinski definition) is 1. The van der Waals surface area contributed by atoms with Gasteiger partial charge in [0.25, 0.3) is 0 Å². The van der Waals surface area contributed by atoms with Crippen molar-refractivity contribution in [2.45, 2.75) is 52.4 Å². The van der Waals surface area contributed by atoms with Crippen molar-refractivity contribution in [3.63, 3.8) is 0 Å². The van der Waals surface area contributed by atoms with E-state index in [0.717, 1.165) is 37.3 Å². The molecule has 0 amide bonds. The van der Waals surface area contributed by atoms with Crippen molar-refractivity contribution in [1.82, 2.24) is 0 Å². The first-order chi connectivity index (χ1) is 8.52. The van der Waals surface area contributed by atoms with Crippen LogP contribution in [0.4, 0.5) is 0 Å². The summed E-state index contributed by atoms with van der Waals surface area (Å²) in [6.45, 7) is 4.82. The zero-order valence-corrected chi connectivity index (χ0v) is 11.4. The third kappa shape index (κ3) is 12.7. The van der Waals surface area contributed by atoms with E-state index >= 15 is 0 Å². The van der Waals surface area contributed by atoms with Gasteiger partial charge in [0.2, 0.25) is 0 Å². The predicted octanol–water partition coefficient (Wildman–Crippen LogP) is 3.17. The third-order valence-corrected chi connectivity index (χ3v) is 2.53. The van der Waals surface area contributed by atoms with Gasteiger partial charge in [-0.1, -0.05) is 46.0 Å². The molecule has 4 heteroatoms. The Balaban J connectivity index is 3.30. The highest BCUT2D eigenvalue weighted by Crippen LogP contribution is 2.10. The predicted molar refractivity (Wildman–Crippen MR) is 70.3 cm³/mol. The molecule has 0 aliphatic rings. The Labute approximate surface area is 109 Å². The van der Waals surface area contributed by atoms with Gasteiger partial charge in [0.05, 0.1) is 6.61 Å². The second kappa shape index (κ2) is 10.8. The SMILES string of the molecule is CC(C)CCCCCCCOC(=O)/C=C/C(=O)O. The first-order valence-electron chi connectivity index (χ1n) is 6.60. The molecule has 0 aromatic carbocycles. The molecule has 0 radical (unpaired) electrons. The van der Waals surface area contributed by atoms with Crippen LogP contribution in [0.5, 0.6) is 0 Å². The summed E-state index contributed by atoms with van der Waals surface area (Å²) in [5.74, 6) is -0.957. The lowest BCUT2D eigenvalue weighted by molar-refractivity contribution is -0.138. The Bertz CT molecular complexity index is 269. The van der Waals surface area contributed by atoms with E-state index < -0.39 is 11.9 Å². The smallest absolute Gasteiger partial charge is 0.331 e. The molecule has 0 heterocycles. The summed E-state index contributed by atoms with van der Waals surface area (Å²) in [5, 5.41) is 8.30. The fraction of sp³-hybridized carbons (Fsp3) is 0.714. The van der Waals surface area contributed by atoms with E-state index in [4.69, 9.17) is 9.84 Å². The van der Waals surface area contributed by atoms with Crippen LogP contribution < -0.4 is 0 Å². The van der Waals surface area contributed by atoms with Gasteiger partial charge >= 0.3 is 11.9 Å². The molecule has 18 heavy (non-hydrogen) atoms. The minimum atomic E-state index is -1.14. The van der Waals surface area contributed by atoms with Crippen molar-refractivity contribution in [3.05, 3.63) is 12.2 Å². The van der Waals surface area contributed by atoms with E-state index in [1.807, 2.05) is 0 Å². The Hall–Kier alpha value is -1.32. The van der Waals surface area contributed by atoms with Gasteiger partial charge in [0.15, 0.2) is 0 Å².